The summed E-state index contributed by atoms with van der Waals surface area (Å²) in [6, 6.07) is 6.52. The molecule has 0 saturated heterocycles. The number of aromatic nitrogens is 2. The maximum atomic E-state index is 12.9. The molecule has 1 atom stereocenters. The van der Waals surface area contributed by atoms with Crippen molar-refractivity contribution in [1.82, 2.24) is 9.78 Å². The summed E-state index contributed by atoms with van der Waals surface area (Å²) in [5.74, 6) is -0.316. The largest absolute Gasteiger partial charge is 0.463 e. The molecule has 8 nitrogen and oxygen atoms in total. The third-order valence-corrected chi connectivity index (χ3v) is 4.89. The van der Waals surface area contributed by atoms with E-state index in [9.17, 15) is 14.9 Å². The van der Waals surface area contributed by atoms with E-state index in [1.165, 1.54) is 6.07 Å². The van der Waals surface area contributed by atoms with Crippen molar-refractivity contribution in [1.29, 1.82) is 0 Å². The molecule has 1 aliphatic rings. The molecule has 1 unspecified atom stereocenters. The zero-order chi connectivity index (χ0) is 20.6. The lowest BCUT2D eigenvalue weighted by molar-refractivity contribution is -0.385. The number of allylic oxidation sites excluding steroid dienone is 1. The number of nitro benzene ring substituents is 1. The number of nitro groups is 1. The van der Waals surface area contributed by atoms with Gasteiger partial charge in [0.2, 0.25) is 0 Å². The van der Waals surface area contributed by atoms with E-state index < -0.39 is 16.8 Å². The highest BCUT2D eigenvalue weighted by Gasteiger charge is 2.40. The molecule has 1 aliphatic heterocycles. The highest BCUT2D eigenvalue weighted by molar-refractivity contribution is 5.95. The van der Waals surface area contributed by atoms with E-state index in [0.717, 1.165) is 17.1 Å². The molecular formula is C20H24N4O4. The van der Waals surface area contributed by atoms with Crippen molar-refractivity contribution in [3.05, 3.63) is 62.5 Å². The Kier molecular flexibility index (Phi) is 5.22. The van der Waals surface area contributed by atoms with Crippen LogP contribution in [-0.4, -0.2) is 27.3 Å². The average Bonchev–Trinajstić information content (AvgIpc) is 2.97. The number of nitrogens with one attached hydrogen (secondary N) is 1. The van der Waals surface area contributed by atoms with Gasteiger partial charge in [0.05, 0.1) is 28.7 Å². The Morgan fingerprint density at radius 1 is 1.39 bits per heavy atom. The third kappa shape index (κ3) is 3.15. The molecule has 3 rings (SSSR count). The van der Waals surface area contributed by atoms with Crippen LogP contribution >= 0.6 is 0 Å². The molecular weight excluding hydrogens is 360 g/mol. The molecule has 8 heteroatoms. The maximum Gasteiger partial charge on any atom is 0.336 e. The quantitative estimate of drug-likeness (QED) is 0.478. The van der Waals surface area contributed by atoms with Crippen molar-refractivity contribution in [3.8, 4) is 0 Å². The number of hydrogen-bond acceptors (Lipinski definition) is 6. The maximum absolute atomic E-state index is 12.9. The summed E-state index contributed by atoms with van der Waals surface area (Å²) < 4.78 is 7.01. The summed E-state index contributed by atoms with van der Waals surface area (Å²) >= 11 is 0. The van der Waals surface area contributed by atoms with Gasteiger partial charge in [0.15, 0.2) is 0 Å². The Labute approximate surface area is 163 Å². The van der Waals surface area contributed by atoms with Gasteiger partial charge in [0.1, 0.15) is 5.82 Å². The number of aryl methyl sites for hydroxylation is 1. The fourth-order valence-corrected chi connectivity index (χ4v) is 3.71. The second kappa shape index (κ2) is 7.46. The zero-order valence-corrected chi connectivity index (χ0v) is 16.6. The van der Waals surface area contributed by atoms with Gasteiger partial charge in [-0.15, -0.1) is 0 Å². The Morgan fingerprint density at radius 2 is 2.07 bits per heavy atom. The van der Waals surface area contributed by atoms with Gasteiger partial charge in [-0.25, -0.2) is 4.79 Å². The second-order valence-electron chi connectivity index (χ2n) is 7.06. The van der Waals surface area contributed by atoms with E-state index in [2.05, 4.69) is 10.4 Å². The first-order chi connectivity index (χ1) is 13.3. The first-order valence-corrected chi connectivity index (χ1v) is 9.22. The Hall–Kier alpha value is -3.16. The van der Waals surface area contributed by atoms with Crippen molar-refractivity contribution < 1.29 is 14.5 Å². The summed E-state index contributed by atoms with van der Waals surface area (Å²) in [5, 5.41) is 19.6. The van der Waals surface area contributed by atoms with Crippen LogP contribution in [0.15, 0.2) is 35.5 Å². The van der Waals surface area contributed by atoms with E-state index >= 15 is 0 Å². The number of rotatable bonds is 5. The molecule has 0 bridgehead atoms. The second-order valence-corrected chi connectivity index (χ2v) is 7.06. The molecule has 28 heavy (non-hydrogen) atoms. The van der Waals surface area contributed by atoms with Gasteiger partial charge in [-0.3, -0.25) is 14.8 Å². The van der Waals surface area contributed by atoms with Crippen LogP contribution in [0.1, 0.15) is 56.4 Å². The normalized spacial score (nSPS) is 16.0. The van der Waals surface area contributed by atoms with E-state index in [4.69, 9.17) is 4.74 Å². The number of anilines is 1. The van der Waals surface area contributed by atoms with Crippen LogP contribution in [0.2, 0.25) is 0 Å². The molecule has 0 spiro atoms. The van der Waals surface area contributed by atoms with Gasteiger partial charge < -0.3 is 10.1 Å². The summed E-state index contributed by atoms with van der Waals surface area (Å²) in [6.07, 6.45) is 0. The molecule has 2 heterocycles. The number of benzene rings is 1. The smallest absolute Gasteiger partial charge is 0.336 e. The van der Waals surface area contributed by atoms with E-state index in [1.54, 1.807) is 36.7 Å². The van der Waals surface area contributed by atoms with Crippen molar-refractivity contribution in [2.24, 2.45) is 7.05 Å². The van der Waals surface area contributed by atoms with Crippen molar-refractivity contribution in [2.75, 3.05) is 11.9 Å². The summed E-state index contributed by atoms with van der Waals surface area (Å²) in [5.41, 5.74) is 2.97. The standard InChI is InChI=1S/C20H24N4O4/c1-6-28-20(25)15-12(4)21-19-17(18(11(2)3)22-23(19)5)16(15)13-9-7-8-10-14(13)24(26)27/h7-11,16,21H,6H2,1-5H3. The van der Waals surface area contributed by atoms with Crippen LogP contribution in [0.5, 0.6) is 0 Å². The predicted octanol–water partition coefficient (Wildman–Crippen LogP) is 3.85. The average molecular weight is 384 g/mol. The molecule has 1 aromatic heterocycles. The van der Waals surface area contributed by atoms with Crippen LogP contribution in [-0.2, 0) is 16.6 Å². The number of esters is 1. The highest BCUT2D eigenvalue weighted by atomic mass is 16.6. The molecule has 0 amide bonds. The van der Waals surface area contributed by atoms with Crippen LogP contribution in [0, 0.1) is 10.1 Å². The molecule has 0 aliphatic carbocycles. The van der Waals surface area contributed by atoms with Crippen LogP contribution in [0.25, 0.3) is 0 Å². The molecule has 0 radical (unpaired) electrons. The van der Waals surface area contributed by atoms with E-state index in [0.29, 0.717) is 16.8 Å². The molecule has 1 N–H and O–H groups in total. The number of carbonyl (C=O) groups excluding carboxylic acids is 1. The lowest BCUT2D eigenvalue weighted by Gasteiger charge is -2.29. The number of hydrogen-bond donors (Lipinski definition) is 1. The fraction of sp³-hybridized carbons (Fsp3) is 0.400. The van der Waals surface area contributed by atoms with Gasteiger partial charge in [0, 0.05) is 29.9 Å². The van der Waals surface area contributed by atoms with Crippen LogP contribution in [0.3, 0.4) is 0 Å². The van der Waals surface area contributed by atoms with E-state index in [-0.39, 0.29) is 18.2 Å². The topological polar surface area (TPSA) is 99.3 Å². The van der Waals surface area contributed by atoms with Gasteiger partial charge in [-0.1, -0.05) is 32.0 Å². The van der Waals surface area contributed by atoms with E-state index in [1.807, 2.05) is 20.9 Å². The summed E-state index contributed by atoms with van der Waals surface area (Å²) in [7, 11) is 1.82. The number of nitrogens with zero attached hydrogens (tertiary/aromatic N) is 3. The monoisotopic (exact) mass is 384 g/mol. The predicted molar refractivity (Wildman–Crippen MR) is 105 cm³/mol. The van der Waals surface area contributed by atoms with Crippen molar-refractivity contribution >= 4 is 17.5 Å². The van der Waals surface area contributed by atoms with Gasteiger partial charge in [0.25, 0.3) is 5.69 Å². The van der Waals surface area contributed by atoms with Crippen molar-refractivity contribution in [2.45, 2.75) is 39.5 Å². The Bertz CT molecular complexity index is 975. The molecule has 2 aromatic rings. The van der Waals surface area contributed by atoms with Gasteiger partial charge in [-0.05, 0) is 19.8 Å². The number of ether oxygens (including phenoxy) is 1. The number of para-hydroxylation sites is 1. The molecule has 0 saturated carbocycles. The summed E-state index contributed by atoms with van der Waals surface area (Å²) in [4.78, 5) is 24.2. The minimum atomic E-state index is -0.636. The fourth-order valence-electron chi connectivity index (χ4n) is 3.71. The molecule has 0 fully saturated rings. The highest BCUT2D eigenvalue weighted by Crippen LogP contribution is 2.47. The first-order valence-electron chi connectivity index (χ1n) is 9.22. The van der Waals surface area contributed by atoms with Crippen molar-refractivity contribution in [3.63, 3.8) is 0 Å². The van der Waals surface area contributed by atoms with Gasteiger partial charge in [-0.2, -0.15) is 5.10 Å². The van der Waals surface area contributed by atoms with Gasteiger partial charge >= 0.3 is 5.97 Å². The molecule has 148 valence electrons. The lowest BCUT2D eigenvalue weighted by atomic mass is 9.79. The Morgan fingerprint density at radius 3 is 2.68 bits per heavy atom. The zero-order valence-electron chi connectivity index (χ0n) is 16.6. The third-order valence-electron chi connectivity index (χ3n) is 4.89. The Balaban J connectivity index is 2.35. The minimum Gasteiger partial charge on any atom is -0.463 e. The summed E-state index contributed by atoms with van der Waals surface area (Å²) in [6.45, 7) is 7.75. The van der Waals surface area contributed by atoms with Crippen LogP contribution in [0.4, 0.5) is 11.5 Å². The number of carbonyl (C=O) groups is 1. The minimum absolute atomic E-state index is 0.0338. The first kappa shape index (κ1) is 19.6. The SMILES string of the molecule is CCOC(=O)C1=C(C)Nc2c(c(C(C)C)nn2C)C1c1ccccc1[N+](=O)[O-]. The lowest BCUT2D eigenvalue weighted by Crippen LogP contribution is -2.26. The van der Waals surface area contributed by atoms with Crippen LogP contribution < -0.4 is 5.32 Å². The number of fused-ring (bicyclic) bond motifs is 1. The molecule has 1 aromatic carbocycles.